The Labute approximate surface area is 317 Å². The van der Waals surface area contributed by atoms with E-state index in [4.69, 9.17) is 35.7 Å². The summed E-state index contributed by atoms with van der Waals surface area (Å²) in [6, 6.07) is 20.2. The van der Waals surface area contributed by atoms with E-state index in [-0.39, 0.29) is 25.2 Å². The fourth-order valence-electron chi connectivity index (χ4n) is 7.04. The van der Waals surface area contributed by atoms with E-state index in [9.17, 15) is 10.4 Å². The minimum atomic E-state index is -0.345. The second kappa shape index (κ2) is 19.4. The molecule has 0 amide bonds. The maximum atomic E-state index is 10.2. The standard InChI is InChI=1S/C41H47ClN4O4.CH2O2/c1-28-33(9-6-10-35(28)36-11-7-12-39(29(36)2)48-18-8-16-45-14-4-5-15-45)27-50-41-21-40(49-26-32-19-31(22-43)23-44-24-32)37(20-38(41)42)30(3)46-17-13-34(47)25-46;2-1-3/h6-7,9-12,19-21,23-24,30,34,47H,4-5,8,13-18,25-27H2,1-3H3;1H,(H,2,3). The van der Waals surface area contributed by atoms with Crippen LogP contribution in [0.15, 0.2) is 67.0 Å². The van der Waals surface area contributed by atoms with Crippen LogP contribution >= 0.6 is 11.6 Å². The fourth-order valence-corrected chi connectivity index (χ4v) is 7.27. The molecule has 0 bridgehead atoms. The van der Waals surface area contributed by atoms with Crippen LogP contribution in [0.3, 0.4) is 0 Å². The Kier molecular flexibility index (Phi) is 14.5. The molecule has 280 valence electrons. The lowest BCUT2D eigenvalue weighted by Gasteiger charge is -2.27. The van der Waals surface area contributed by atoms with Crippen molar-refractivity contribution >= 4 is 18.1 Å². The van der Waals surface area contributed by atoms with Crippen molar-refractivity contribution in [1.29, 1.82) is 5.26 Å². The smallest absolute Gasteiger partial charge is 0.290 e. The molecule has 2 fully saturated rings. The second-order valence-electron chi connectivity index (χ2n) is 13.6. The molecule has 2 aliphatic heterocycles. The zero-order valence-electron chi connectivity index (χ0n) is 30.8. The highest BCUT2D eigenvalue weighted by Crippen LogP contribution is 2.40. The number of β-amino-alcohol motifs (C(OH)–C–C–N with tert-alkyl or cyclic N) is 1. The number of rotatable bonds is 14. The predicted octanol–water partition coefficient (Wildman–Crippen LogP) is 7.74. The van der Waals surface area contributed by atoms with Gasteiger partial charge < -0.3 is 29.3 Å². The van der Waals surface area contributed by atoms with E-state index < -0.39 is 0 Å². The van der Waals surface area contributed by atoms with E-state index in [1.54, 1.807) is 12.3 Å². The van der Waals surface area contributed by atoms with Crippen molar-refractivity contribution in [3.8, 4) is 34.4 Å². The number of hydrogen-bond donors (Lipinski definition) is 2. The molecule has 4 aromatic rings. The lowest BCUT2D eigenvalue weighted by atomic mass is 9.93. The number of benzene rings is 3. The Morgan fingerprint density at radius 1 is 0.962 bits per heavy atom. The number of aliphatic hydroxyl groups excluding tert-OH is 1. The van der Waals surface area contributed by atoms with Crippen LogP contribution in [0.2, 0.25) is 5.02 Å². The average molecular weight is 741 g/mol. The minimum Gasteiger partial charge on any atom is -0.493 e. The summed E-state index contributed by atoms with van der Waals surface area (Å²) in [6.45, 7) is 12.3. The summed E-state index contributed by atoms with van der Waals surface area (Å²) in [4.78, 5) is 17.3. The third kappa shape index (κ3) is 10.5. The molecule has 0 radical (unpaired) electrons. The first-order valence-electron chi connectivity index (χ1n) is 18.2. The highest BCUT2D eigenvalue weighted by molar-refractivity contribution is 6.32. The molecular weight excluding hydrogens is 692 g/mol. The second-order valence-corrected chi connectivity index (χ2v) is 14.0. The first-order chi connectivity index (χ1) is 25.7. The summed E-state index contributed by atoms with van der Waals surface area (Å²) >= 11 is 6.89. The predicted molar refractivity (Wildman–Crippen MR) is 206 cm³/mol. The summed E-state index contributed by atoms with van der Waals surface area (Å²) in [5, 5.41) is 26.9. The average Bonchev–Trinajstić information content (AvgIpc) is 3.85. The molecule has 0 saturated carbocycles. The van der Waals surface area contributed by atoms with Crippen molar-refractivity contribution < 1.29 is 29.2 Å². The molecule has 6 rings (SSSR count). The zero-order valence-corrected chi connectivity index (χ0v) is 31.5. The molecular formula is C42H49ClN4O6. The number of halogens is 1. The number of likely N-dealkylation sites (tertiary alicyclic amines) is 2. The Morgan fingerprint density at radius 2 is 1.68 bits per heavy atom. The van der Waals surface area contributed by atoms with Gasteiger partial charge in [-0.25, -0.2) is 0 Å². The number of ether oxygens (including phenoxy) is 3. The van der Waals surface area contributed by atoms with Crippen LogP contribution in [-0.2, 0) is 18.0 Å². The number of nitrogens with zero attached hydrogens (tertiary/aromatic N) is 4. The molecule has 2 aliphatic rings. The molecule has 0 spiro atoms. The number of nitriles is 1. The SMILES string of the molecule is Cc1c(COc2cc(OCc3cncc(C#N)c3)c(C(C)N3CCC(O)C3)cc2Cl)cccc1-c1cccc(OCCCN2CCCC2)c1C.O=CO. The third-order valence-corrected chi connectivity index (χ3v) is 10.3. The van der Waals surface area contributed by atoms with Gasteiger partial charge in [-0.3, -0.25) is 14.7 Å². The molecule has 3 heterocycles. The van der Waals surface area contributed by atoms with Gasteiger partial charge in [-0.1, -0.05) is 41.9 Å². The molecule has 2 saturated heterocycles. The largest absolute Gasteiger partial charge is 0.493 e. The molecule has 2 N–H and O–H groups in total. The van der Waals surface area contributed by atoms with Gasteiger partial charge in [0, 0.05) is 55.3 Å². The van der Waals surface area contributed by atoms with E-state index in [0.29, 0.717) is 41.8 Å². The van der Waals surface area contributed by atoms with Gasteiger partial charge in [0.25, 0.3) is 6.47 Å². The van der Waals surface area contributed by atoms with Crippen molar-refractivity contribution in [3.05, 3.63) is 105 Å². The Balaban J connectivity index is 0.00000175. The summed E-state index contributed by atoms with van der Waals surface area (Å²) in [6.07, 6.45) is 7.26. The van der Waals surface area contributed by atoms with Crippen LogP contribution in [-0.4, -0.2) is 76.9 Å². The van der Waals surface area contributed by atoms with Crippen molar-refractivity contribution in [2.75, 3.05) is 39.3 Å². The van der Waals surface area contributed by atoms with Crippen molar-refractivity contribution in [2.24, 2.45) is 0 Å². The topological polar surface area (TPSA) is 128 Å². The number of pyridine rings is 1. The quantitative estimate of drug-likeness (QED) is 0.0979. The summed E-state index contributed by atoms with van der Waals surface area (Å²) < 4.78 is 19.1. The fraction of sp³-hybridized carbons (Fsp3) is 0.405. The van der Waals surface area contributed by atoms with Gasteiger partial charge in [-0.05, 0) is 106 Å². The highest BCUT2D eigenvalue weighted by atomic mass is 35.5. The third-order valence-electron chi connectivity index (χ3n) is 10.1. The number of aromatic nitrogens is 1. The van der Waals surface area contributed by atoms with Gasteiger partial charge in [0.2, 0.25) is 0 Å². The van der Waals surface area contributed by atoms with Gasteiger partial charge in [0.1, 0.15) is 36.5 Å². The lowest BCUT2D eigenvalue weighted by molar-refractivity contribution is -0.122. The number of carboxylic acid groups (broad SMARTS) is 1. The number of carbonyl (C=O) groups is 1. The number of hydrogen-bond acceptors (Lipinski definition) is 9. The van der Waals surface area contributed by atoms with Gasteiger partial charge in [0.15, 0.2) is 0 Å². The molecule has 11 heteroatoms. The van der Waals surface area contributed by atoms with Crippen LogP contribution in [0, 0.1) is 25.2 Å². The van der Waals surface area contributed by atoms with Crippen LogP contribution in [0.25, 0.3) is 11.1 Å². The molecule has 0 aliphatic carbocycles. The van der Waals surface area contributed by atoms with E-state index >= 15 is 0 Å². The monoisotopic (exact) mass is 740 g/mol. The summed E-state index contributed by atoms with van der Waals surface area (Å²) in [7, 11) is 0. The number of aliphatic hydroxyl groups is 1. The zero-order chi connectivity index (χ0) is 37.7. The van der Waals surface area contributed by atoms with Gasteiger partial charge in [-0.2, -0.15) is 5.26 Å². The maximum Gasteiger partial charge on any atom is 0.290 e. The summed E-state index contributed by atoms with van der Waals surface area (Å²) in [5.74, 6) is 2.09. The Bertz CT molecular complexity index is 1880. The Morgan fingerprint density at radius 3 is 2.40 bits per heavy atom. The highest BCUT2D eigenvalue weighted by Gasteiger charge is 2.28. The molecule has 1 aromatic heterocycles. The van der Waals surface area contributed by atoms with Crippen LogP contribution in [0.1, 0.15) is 72.0 Å². The Hall–Kier alpha value is -4.66. The normalized spacial score (nSPS) is 16.3. The van der Waals surface area contributed by atoms with Crippen LogP contribution < -0.4 is 14.2 Å². The van der Waals surface area contributed by atoms with E-state index in [1.807, 2.05) is 12.1 Å². The molecule has 10 nitrogen and oxygen atoms in total. The van der Waals surface area contributed by atoms with Crippen molar-refractivity contribution in [1.82, 2.24) is 14.8 Å². The summed E-state index contributed by atoms with van der Waals surface area (Å²) in [5.41, 5.74) is 7.79. The molecule has 2 atom stereocenters. The van der Waals surface area contributed by atoms with Crippen LogP contribution in [0.5, 0.6) is 17.2 Å². The first kappa shape index (κ1) is 39.5. The van der Waals surface area contributed by atoms with Gasteiger partial charge >= 0.3 is 0 Å². The van der Waals surface area contributed by atoms with E-state index in [0.717, 1.165) is 70.6 Å². The van der Waals surface area contributed by atoms with E-state index in [1.165, 1.54) is 32.1 Å². The lowest BCUT2D eigenvalue weighted by Crippen LogP contribution is -2.26. The maximum absolute atomic E-state index is 10.2. The minimum absolute atomic E-state index is 0.0377. The molecule has 2 unspecified atom stereocenters. The van der Waals surface area contributed by atoms with Crippen LogP contribution in [0.4, 0.5) is 0 Å². The van der Waals surface area contributed by atoms with E-state index in [2.05, 4.69) is 78.0 Å². The van der Waals surface area contributed by atoms with Gasteiger partial charge in [0.05, 0.1) is 23.3 Å². The van der Waals surface area contributed by atoms with Gasteiger partial charge in [-0.15, -0.1) is 0 Å². The molecule has 3 aromatic carbocycles. The van der Waals surface area contributed by atoms with Crippen molar-refractivity contribution in [2.45, 2.75) is 71.8 Å². The first-order valence-corrected chi connectivity index (χ1v) is 18.6. The van der Waals surface area contributed by atoms with Crippen molar-refractivity contribution in [3.63, 3.8) is 0 Å². The molecule has 53 heavy (non-hydrogen) atoms.